The minimum atomic E-state index is -0.920. The first-order valence-corrected chi connectivity index (χ1v) is 9.51. The Morgan fingerprint density at radius 2 is 1.68 bits per heavy atom. The second-order valence-electron chi connectivity index (χ2n) is 7.29. The quantitative estimate of drug-likeness (QED) is 0.720. The van der Waals surface area contributed by atoms with Crippen LogP contribution in [0.15, 0.2) is 6.07 Å². The fourth-order valence-electron chi connectivity index (χ4n) is 3.44. The van der Waals surface area contributed by atoms with Crippen molar-refractivity contribution >= 4 is 11.9 Å². The molecule has 0 atom stereocenters. The highest BCUT2D eigenvalue weighted by Gasteiger charge is 2.31. The highest BCUT2D eigenvalue weighted by molar-refractivity contribution is 5.81. The summed E-state index contributed by atoms with van der Waals surface area (Å²) in [5.74, 6) is -0.653. The third-order valence-electron chi connectivity index (χ3n) is 5.19. The molecule has 2 rings (SSSR count). The van der Waals surface area contributed by atoms with Crippen molar-refractivity contribution in [2.45, 2.75) is 72.8 Å². The monoisotopic (exact) mass is 387 g/mol. The molecule has 0 spiro atoms. The van der Waals surface area contributed by atoms with Crippen LogP contribution in [0, 0.1) is 27.7 Å². The van der Waals surface area contributed by atoms with E-state index in [0.29, 0.717) is 18.8 Å². The summed E-state index contributed by atoms with van der Waals surface area (Å²) in [7, 11) is 0. The van der Waals surface area contributed by atoms with Gasteiger partial charge in [0.1, 0.15) is 0 Å². The molecule has 0 saturated heterocycles. The lowest BCUT2D eigenvalue weighted by molar-refractivity contribution is -0.139. The lowest BCUT2D eigenvalue weighted by Crippen LogP contribution is -2.49. The molecule has 2 N–H and O–H groups in total. The molecule has 2 aromatic rings. The number of hydrogen-bond donors (Lipinski definition) is 2. The largest absolute Gasteiger partial charge is 0.481 e. The van der Waals surface area contributed by atoms with Crippen molar-refractivity contribution in [2.75, 3.05) is 0 Å². The van der Waals surface area contributed by atoms with Crippen LogP contribution in [-0.2, 0) is 16.0 Å². The number of carboxylic acid groups (broad SMARTS) is 1. The van der Waals surface area contributed by atoms with Gasteiger partial charge in [0.25, 0.3) is 5.95 Å². The van der Waals surface area contributed by atoms with Gasteiger partial charge < -0.3 is 10.4 Å². The first-order valence-electron chi connectivity index (χ1n) is 9.51. The Balaban J connectivity index is 2.28. The van der Waals surface area contributed by atoms with E-state index in [4.69, 9.17) is 0 Å². The average Bonchev–Trinajstić information content (AvgIpc) is 2.88. The second kappa shape index (κ2) is 8.50. The Morgan fingerprint density at radius 1 is 1.11 bits per heavy atom. The number of nitrogens with zero attached hydrogens (tertiary/aromatic N) is 4. The zero-order valence-electron chi connectivity index (χ0n) is 17.5. The van der Waals surface area contributed by atoms with Gasteiger partial charge in [-0.2, -0.15) is 5.10 Å². The normalized spacial score (nSPS) is 11.5. The van der Waals surface area contributed by atoms with Crippen molar-refractivity contribution in [3.05, 3.63) is 34.4 Å². The fraction of sp³-hybridized carbons (Fsp3) is 0.550. The van der Waals surface area contributed by atoms with E-state index >= 15 is 0 Å². The van der Waals surface area contributed by atoms with Crippen LogP contribution in [0.2, 0.25) is 0 Å². The summed E-state index contributed by atoms with van der Waals surface area (Å²) in [6, 6.07) is 1.89. The van der Waals surface area contributed by atoms with Crippen molar-refractivity contribution in [3.8, 4) is 5.95 Å². The summed E-state index contributed by atoms with van der Waals surface area (Å²) in [6.45, 7) is 11.3. The van der Waals surface area contributed by atoms with Crippen molar-refractivity contribution < 1.29 is 14.7 Å². The number of amides is 1. The zero-order valence-corrected chi connectivity index (χ0v) is 17.5. The van der Waals surface area contributed by atoms with E-state index in [0.717, 1.165) is 28.3 Å². The second-order valence-corrected chi connectivity index (χ2v) is 7.29. The van der Waals surface area contributed by atoms with E-state index < -0.39 is 11.5 Å². The van der Waals surface area contributed by atoms with E-state index in [1.165, 1.54) is 0 Å². The number of hydrogen-bond acceptors (Lipinski definition) is 5. The Bertz CT molecular complexity index is 864. The maximum Gasteiger partial charge on any atom is 0.305 e. The van der Waals surface area contributed by atoms with Gasteiger partial charge >= 0.3 is 5.97 Å². The maximum atomic E-state index is 12.7. The van der Waals surface area contributed by atoms with E-state index in [2.05, 4.69) is 20.4 Å². The molecule has 0 aliphatic heterocycles. The molecule has 152 valence electrons. The average molecular weight is 387 g/mol. The molecule has 8 nitrogen and oxygen atoms in total. The van der Waals surface area contributed by atoms with E-state index in [1.54, 1.807) is 4.68 Å². The Morgan fingerprint density at radius 3 is 2.18 bits per heavy atom. The topological polar surface area (TPSA) is 110 Å². The summed E-state index contributed by atoms with van der Waals surface area (Å²) in [4.78, 5) is 32.8. The van der Waals surface area contributed by atoms with Gasteiger partial charge in [-0.1, -0.05) is 13.8 Å². The molecule has 0 saturated carbocycles. The van der Waals surface area contributed by atoms with Crippen molar-refractivity contribution in [2.24, 2.45) is 0 Å². The van der Waals surface area contributed by atoms with Crippen molar-refractivity contribution in [1.82, 2.24) is 25.1 Å². The van der Waals surface area contributed by atoms with Gasteiger partial charge in [-0.25, -0.2) is 14.6 Å². The molecule has 28 heavy (non-hydrogen) atoms. The first kappa shape index (κ1) is 21.5. The minimum Gasteiger partial charge on any atom is -0.481 e. The third kappa shape index (κ3) is 4.74. The SMILES string of the molecule is CCC(CC)(CC(=O)O)NC(=O)Cc1c(C)nn(-c2nc(C)cc(C)n2)c1C. The molecule has 0 fully saturated rings. The Kier molecular flexibility index (Phi) is 6.53. The molecule has 0 aromatic carbocycles. The maximum absolute atomic E-state index is 12.7. The van der Waals surface area contributed by atoms with Crippen LogP contribution < -0.4 is 5.32 Å². The molecule has 0 bridgehead atoms. The van der Waals surface area contributed by atoms with Crippen LogP contribution in [0.4, 0.5) is 0 Å². The number of aromatic nitrogens is 4. The zero-order chi connectivity index (χ0) is 21.1. The number of carboxylic acids is 1. The highest BCUT2D eigenvalue weighted by atomic mass is 16.4. The van der Waals surface area contributed by atoms with Gasteiger partial charge in [0.15, 0.2) is 0 Å². The number of carbonyl (C=O) groups excluding carboxylic acids is 1. The molecule has 0 unspecified atom stereocenters. The molecular weight excluding hydrogens is 358 g/mol. The van der Waals surface area contributed by atoms with Crippen molar-refractivity contribution in [1.29, 1.82) is 0 Å². The number of carbonyl (C=O) groups is 2. The fourth-order valence-corrected chi connectivity index (χ4v) is 3.44. The summed E-state index contributed by atoms with van der Waals surface area (Å²) >= 11 is 0. The van der Waals surface area contributed by atoms with Gasteiger partial charge in [0, 0.05) is 28.2 Å². The summed E-state index contributed by atoms with van der Waals surface area (Å²) in [5, 5.41) is 16.7. The summed E-state index contributed by atoms with van der Waals surface area (Å²) < 4.78 is 1.65. The lowest BCUT2D eigenvalue weighted by atomic mass is 9.88. The summed E-state index contributed by atoms with van der Waals surface area (Å²) in [6.07, 6.45) is 1.13. The molecular formula is C20H29N5O3. The third-order valence-corrected chi connectivity index (χ3v) is 5.19. The van der Waals surface area contributed by atoms with E-state index in [1.807, 2.05) is 47.6 Å². The number of aliphatic carboxylic acids is 1. The predicted molar refractivity (Wildman–Crippen MR) is 106 cm³/mol. The molecule has 2 heterocycles. The highest BCUT2D eigenvalue weighted by Crippen LogP contribution is 2.22. The number of nitrogens with one attached hydrogen (secondary N) is 1. The minimum absolute atomic E-state index is 0.0978. The molecule has 0 aliphatic carbocycles. The van der Waals surface area contributed by atoms with Crippen LogP contribution in [0.5, 0.6) is 0 Å². The van der Waals surface area contributed by atoms with Gasteiger partial charge in [0.2, 0.25) is 5.91 Å². The predicted octanol–water partition coefficient (Wildman–Crippen LogP) is 2.59. The number of aryl methyl sites for hydroxylation is 3. The smallest absolute Gasteiger partial charge is 0.305 e. The number of rotatable bonds is 8. The standard InChI is InChI=1S/C20H29N5O3/c1-7-20(8-2,11-18(27)28)23-17(26)10-16-14(5)24-25(15(16)6)19-21-12(3)9-13(4)22-19/h9H,7-8,10-11H2,1-6H3,(H,23,26)(H,27,28). The molecule has 0 radical (unpaired) electrons. The van der Waals surface area contributed by atoms with Crippen LogP contribution in [-0.4, -0.2) is 42.3 Å². The molecule has 2 aromatic heterocycles. The molecule has 1 amide bonds. The van der Waals surface area contributed by atoms with Crippen LogP contribution >= 0.6 is 0 Å². The van der Waals surface area contributed by atoms with Gasteiger partial charge in [-0.15, -0.1) is 0 Å². The Hall–Kier alpha value is -2.77. The van der Waals surface area contributed by atoms with Crippen molar-refractivity contribution in [3.63, 3.8) is 0 Å². The van der Waals surface area contributed by atoms with Crippen LogP contribution in [0.25, 0.3) is 5.95 Å². The van der Waals surface area contributed by atoms with Crippen LogP contribution in [0.3, 0.4) is 0 Å². The summed E-state index contributed by atoms with van der Waals surface area (Å²) in [5.41, 5.74) is 3.29. The van der Waals surface area contributed by atoms with E-state index in [9.17, 15) is 14.7 Å². The lowest BCUT2D eigenvalue weighted by Gasteiger charge is -2.31. The van der Waals surface area contributed by atoms with Gasteiger partial charge in [0.05, 0.1) is 18.5 Å². The molecule has 0 aliphatic rings. The van der Waals surface area contributed by atoms with E-state index in [-0.39, 0.29) is 18.7 Å². The first-order chi connectivity index (χ1) is 13.1. The van der Waals surface area contributed by atoms with Crippen LogP contribution in [0.1, 0.15) is 61.4 Å². The molecule has 8 heteroatoms. The van der Waals surface area contributed by atoms with Gasteiger partial charge in [-0.3, -0.25) is 9.59 Å². The Labute approximate surface area is 165 Å². The van der Waals surface area contributed by atoms with Gasteiger partial charge in [-0.05, 0) is 46.6 Å².